The van der Waals surface area contributed by atoms with Crippen LogP contribution in [0.3, 0.4) is 0 Å². The maximum Gasteiger partial charge on any atom is 0.130 e. The Kier molecular flexibility index (Phi) is 2.82. The standard InChI is InChI=1S/C9H10FNO/c10-9-4-3-8(12)6-7(9)2-1-5-11/h1-4,6,12H,5,11H2/b2-1+. The van der Waals surface area contributed by atoms with Crippen LogP contribution in [-0.4, -0.2) is 11.7 Å². The lowest BCUT2D eigenvalue weighted by Gasteiger charge is -1.96. The van der Waals surface area contributed by atoms with Crippen LogP contribution in [0.5, 0.6) is 5.75 Å². The van der Waals surface area contributed by atoms with Crippen LogP contribution >= 0.6 is 0 Å². The monoisotopic (exact) mass is 167 g/mol. The third kappa shape index (κ3) is 2.07. The van der Waals surface area contributed by atoms with Crippen molar-refractivity contribution in [3.05, 3.63) is 35.7 Å². The van der Waals surface area contributed by atoms with E-state index in [1.54, 1.807) is 6.08 Å². The Bertz CT molecular complexity index is 297. The molecule has 0 aromatic heterocycles. The maximum absolute atomic E-state index is 12.9. The first-order valence-corrected chi connectivity index (χ1v) is 3.59. The highest BCUT2D eigenvalue weighted by Crippen LogP contribution is 2.16. The van der Waals surface area contributed by atoms with Crippen LogP contribution in [0.1, 0.15) is 5.56 Å². The molecule has 0 fully saturated rings. The molecule has 0 radical (unpaired) electrons. The number of benzene rings is 1. The summed E-state index contributed by atoms with van der Waals surface area (Å²) in [6.07, 6.45) is 3.16. The van der Waals surface area contributed by atoms with Crippen molar-refractivity contribution in [2.45, 2.75) is 0 Å². The van der Waals surface area contributed by atoms with Crippen molar-refractivity contribution in [3.8, 4) is 5.75 Å². The summed E-state index contributed by atoms with van der Waals surface area (Å²) in [6.45, 7) is 0.356. The van der Waals surface area contributed by atoms with Crippen molar-refractivity contribution in [2.75, 3.05) is 6.54 Å². The summed E-state index contributed by atoms with van der Waals surface area (Å²) >= 11 is 0. The second-order valence-electron chi connectivity index (χ2n) is 2.34. The van der Waals surface area contributed by atoms with Gasteiger partial charge in [0, 0.05) is 12.1 Å². The SMILES string of the molecule is NC/C=C/c1cc(O)ccc1F. The molecule has 0 aliphatic rings. The number of phenolic OH excluding ortho intramolecular Hbond substituents is 1. The Morgan fingerprint density at radius 3 is 2.92 bits per heavy atom. The molecule has 0 aliphatic heterocycles. The Morgan fingerprint density at radius 2 is 2.25 bits per heavy atom. The van der Waals surface area contributed by atoms with Gasteiger partial charge in [-0.05, 0) is 18.2 Å². The van der Waals surface area contributed by atoms with Crippen LogP contribution in [0.2, 0.25) is 0 Å². The van der Waals surface area contributed by atoms with Gasteiger partial charge in [-0.3, -0.25) is 0 Å². The molecule has 3 N–H and O–H groups in total. The molecule has 0 atom stereocenters. The third-order valence-corrected chi connectivity index (χ3v) is 1.41. The van der Waals surface area contributed by atoms with Crippen LogP contribution in [0, 0.1) is 5.82 Å². The lowest BCUT2D eigenvalue weighted by molar-refractivity contribution is 0.473. The molecule has 1 aromatic carbocycles. The van der Waals surface area contributed by atoms with Gasteiger partial charge in [0.25, 0.3) is 0 Å². The average Bonchev–Trinajstić information content (AvgIpc) is 2.07. The second-order valence-corrected chi connectivity index (χ2v) is 2.34. The average molecular weight is 167 g/mol. The van der Waals surface area contributed by atoms with E-state index >= 15 is 0 Å². The molecule has 0 saturated carbocycles. The number of halogens is 1. The summed E-state index contributed by atoms with van der Waals surface area (Å²) in [5.74, 6) is -0.314. The van der Waals surface area contributed by atoms with Gasteiger partial charge in [-0.15, -0.1) is 0 Å². The number of hydrogen-bond donors (Lipinski definition) is 2. The van der Waals surface area contributed by atoms with Crippen molar-refractivity contribution in [3.63, 3.8) is 0 Å². The number of hydrogen-bond acceptors (Lipinski definition) is 2. The lowest BCUT2D eigenvalue weighted by atomic mass is 10.2. The fourth-order valence-corrected chi connectivity index (χ4v) is 0.854. The number of phenols is 1. The van der Waals surface area contributed by atoms with Crippen LogP contribution in [-0.2, 0) is 0 Å². The number of nitrogens with two attached hydrogens (primary N) is 1. The zero-order chi connectivity index (χ0) is 8.97. The number of aromatic hydroxyl groups is 1. The van der Waals surface area contributed by atoms with E-state index in [0.717, 1.165) is 0 Å². The van der Waals surface area contributed by atoms with Crippen molar-refractivity contribution >= 4 is 6.08 Å². The quantitative estimate of drug-likeness (QED) is 0.701. The molecule has 12 heavy (non-hydrogen) atoms. The van der Waals surface area contributed by atoms with Gasteiger partial charge in [0.15, 0.2) is 0 Å². The highest BCUT2D eigenvalue weighted by Gasteiger charge is 1.97. The Hall–Kier alpha value is -1.35. The highest BCUT2D eigenvalue weighted by molar-refractivity contribution is 5.52. The van der Waals surface area contributed by atoms with Gasteiger partial charge in [-0.25, -0.2) is 4.39 Å². The van der Waals surface area contributed by atoms with Crippen LogP contribution in [0.4, 0.5) is 4.39 Å². The molecule has 0 spiro atoms. The molecule has 64 valence electrons. The summed E-state index contributed by atoms with van der Waals surface area (Å²) < 4.78 is 12.9. The Labute approximate surface area is 70.1 Å². The summed E-state index contributed by atoms with van der Waals surface area (Å²) in [7, 11) is 0. The lowest BCUT2D eigenvalue weighted by Crippen LogP contribution is -1.92. The topological polar surface area (TPSA) is 46.2 Å². The Balaban J connectivity index is 2.97. The third-order valence-electron chi connectivity index (χ3n) is 1.41. The fraction of sp³-hybridized carbons (Fsp3) is 0.111. The van der Waals surface area contributed by atoms with E-state index in [2.05, 4.69) is 0 Å². The van der Waals surface area contributed by atoms with E-state index in [4.69, 9.17) is 10.8 Å². The predicted octanol–water partition coefficient (Wildman–Crippen LogP) is 1.50. The molecular weight excluding hydrogens is 157 g/mol. The molecule has 1 aromatic rings. The summed E-state index contributed by atoms with van der Waals surface area (Å²) in [5.41, 5.74) is 5.54. The zero-order valence-corrected chi connectivity index (χ0v) is 6.50. The van der Waals surface area contributed by atoms with E-state index in [1.807, 2.05) is 0 Å². The summed E-state index contributed by atoms with van der Waals surface area (Å²) in [4.78, 5) is 0. The zero-order valence-electron chi connectivity index (χ0n) is 6.50. The van der Waals surface area contributed by atoms with Gasteiger partial charge in [0.05, 0.1) is 0 Å². The minimum atomic E-state index is -0.363. The summed E-state index contributed by atoms with van der Waals surface area (Å²) in [5, 5.41) is 9.01. The van der Waals surface area contributed by atoms with Crippen molar-refractivity contribution in [1.29, 1.82) is 0 Å². The number of rotatable bonds is 2. The first-order valence-electron chi connectivity index (χ1n) is 3.59. The van der Waals surface area contributed by atoms with E-state index in [1.165, 1.54) is 24.3 Å². The highest BCUT2D eigenvalue weighted by atomic mass is 19.1. The largest absolute Gasteiger partial charge is 0.508 e. The van der Waals surface area contributed by atoms with Crippen molar-refractivity contribution in [1.82, 2.24) is 0 Å². The van der Waals surface area contributed by atoms with Gasteiger partial charge in [-0.2, -0.15) is 0 Å². The normalized spacial score (nSPS) is 10.8. The molecule has 0 amide bonds. The minimum Gasteiger partial charge on any atom is -0.508 e. The van der Waals surface area contributed by atoms with Crippen LogP contribution in [0.25, 0.3) is 6.08 Å². The molecule has 3 heteroatoms. The Morgan fingerprint density at radius 1 is 1.50 bits per heavy atom. The molecule has 0 heterocycles. The van der Waals surface area contributed by atoms with Gasteiger partial charge in [0.2, 0.25) is 0 Å². The van der Waals surface area contributed by atoms with E-state index in [-0.39, 0.29) is 11.6 Å². The van der Waals surface area contributed by atoms with Crippen molar-refractivity contribution < 1.29 is 9.50 Å². The molecule has 1 rings (SSSR count). The van der Waals surface area contributed by atoms with Gasteiger partial charge < -0.3 is 10.8 Å². The van der Waals surface area contributed by atoms with Gasteiger partial charge in [0.1, 0.15) is 11.6 Å². The molecule has 0 aliphatic carbocycles. The van der Waals surface area contributed by atoms with Crippen molar-refractivity contribution in [2.24, 2.45) is 5.73 Å². The molecule has 2 nitrogen and oxygen atoms in total. The first kappa shape index (κ1) is 8.74. The van der Waals surface area contributed by atoms with E-state index in [0.29, 0.717) is 12.1 Å². The first-order chi connectivity index (χ1) is 5.74. The van der Waals surface area contributed by atoms with Gasteiger partial charge >= 0.3 is 0 Å². The molecule has 0 bridgehead atoms. The van der Waals surface area contributed by atoms with Crippen LogP contribution < -0.4 is 5.73 Å². The summed E-state index contributed by atoms with van der Waals surface area (Å²) in [6, 6.07) is 3.86. The fourth-order valence-electron chi connectivity index (χ4n) is 0.854. The smallest absolute Gasteiger partial charge is 0.130 e. The second kappa shape index (κ2) is 3.88. The van der Waals surface area contributed by atoms with E-state index < -0.39 is 0 Å². The predicted molar refractivity (Wildman–Crippen MR) is 46.2 cm³/mol. The van der Waals surface area contributed by atoms with E-state index in [9.17, 15) is 4.39 Å². The molecule has 0 unspecified atom stereocenters. The van der Waals surface area contributed by atoms with Gasteiger partial charge in [-0.1, -0.05) is 12.2 Å². The minimum absolute atomic E-state index is 0.0491. The maximum atomic E-state index is 12.9. The van der Waals surface area contributed by atoms with Crippen LogP contribution in [0.15, 0.2) is 24.3 Å². The molecule has 0 saturated heterocycles. The molecular formula is C9H10FNO.